The topological polar surface area (TPSA) is 63.7 Å². The van der Waals surface area contributed by atoms with Gasteiger partial charge >= 0.3 is 0 Å². The molecule has 0 atom stereocenters. The molecule has 2 aromatic carbocycles. The fourth-order valence-electron chi connectivity index (χ4n) is 2.79. The molecule has 118 valence electrons. The average Bonchev–Trinajstić information content (AvgIpc) is 3.14. The Hall–Kier alpha value is -3.21. The highest BCUT2D eigenvalue weighted by molar-refractivity contribution is 5.82. The van der Waals surface area contributed by atoms with E-state index in [-0.39, 0.29) is 0 Å². The standard InChI is InChI=1S/C19H16N4O/c1-13-10-14(15-6-2-4-8-17(15)22-13)11-24-18-9-5-3-7-16(18)19-20-12-21-23-19/h2-10,12H,11H2,1H3,(H,20,21,23). The maximum atomic E-state index is 6.09. The van der Waals surface area contributed by atoms with Crippen LogP contribution >= 0.6 is 0 Å². The van der Waals surface area contributed by atoms with Crippen LogP contribution in [0.5, 0.6) is 5.75 Å². The van der Waals surface area contributed by atoms with Crippen molar-refractivity contribution in [1.82, 2.24) is 20.2 Å². The van der Waals surface area contributed by atoms with Crippen molar-refractivity contribution in [3.8, 4) is 17.1 Å². The van der Waals surface area contributed by atoms with Crippen LogP contribution in [0.2, 0.25) is 0 Å². The first-order valence-electron chi connectivity index (χ1n) is 7.74. The van der Waals surface area contributed by atoms with Crippen molar-refractivity contribution >= 4 is 10.9 Å². The number of nitrogens with zero attached hydrogens (tertiary/aromatic N) is 3. The van der Waals surface area contributed by atoms with E-state index in [9.17, 15) is 0 Å². The lowest BCUT2D eigenvalue weighted by atomic mass is 10.1. The number of fused-ring (bicyclic) bond motifs is 1. The predicted octanol–water partition coefficient (Wildman–Crippen LogP) is 3.91. The Bertz CT molecular complexity index is 980. The van der Waals surface area contributed by atoms with Crippen LogP contribution in [0.15, 0.2) is 60.9 Å². The van der Waals surface area contributed by atoms with E-state index in [2.05, 4.69) is 32.3 Å². The Kier molecular flexibility index (Phi) is 3.67. The van der Waals surface area contributed by atoms with Gasteiger partial charge in [-0.25, -0.2) is 4.98 Å². The van der Waals surface area contributed by atoms with Gasteiger partial charge in [0.2, 0.25) is 0 Å². The highest BCUT2D eigenvalue weighted by Crippen LogP contribution is 2.28. The van der Waals surface area contributed by atoms with E-state index in [4.69, 9.17) is 4.74 Å². The fraction of sp³-hybridized carbons (Fsp3) is 0.105. The van der Waals surface area contributed by atoms with Crippen molar-refractivity contribution in [3.05, 3.63) is 72.2 Å². The second-order valence-corrected chi connectivity index (χ2v) is 5.56. The summed E-state index contributed by atoms with van der Waals surface area (Å²) in [6.45, 7) is 2.47. The number of H-pyrrole nitrogens is 1. The summed E-state index contributed by atoms with van der Waals surface area (Å²) in [5.74, 6) is 1.47. The number of nitrogens with one attached hydrogen (secondary N) is 1. The molecule has 2 aromatic heterocycles. The Labute approximate surface area is 139 Å². The SMILES string of the molecule is Cc1cc(COc2ccccc2-c2ncn[nH]2)c2ccccc2n1. The molecule has 4 rings (SSSR count). The smallest absolute Gasteiger partial charge is 0.159 e. The van der Waals surface area contributed by atoms with E-state index in [1.54, 1.807) is 0 Å². The lowest BCUT2D eigenvalue weighted by molar-refractivity contribution is 0.308. The van der Waals surface area contributed by atoms with E-state index in [1.807, 2.05) is 49.4 Å². The molecule has 24 heavy (non-hydrogen) atoms. The second kappa shape index (κ2) is 6.12. The molecule has 0 unspecified atom stereocenters. The second-order valence-electron chi connectivity index (χ2n) is 5.56. The minimum Gasteiger partial charge on any atom is -0.488 e. The zero-order valence-corrected chi connectivity index (χ0v) is 13.2. The number of benzene rings is 2. The third-order valence-electron chi connectivity index (χ3n) is 3.87. The molecule has 0 radical (unpaired) electrons. The number of para-hydroxylation sites is 2. The van der Waals surface area contributed by atoms with Gasteiger partial charge in [-0.15, -0.1) is 0 Å². The first-order chi connectivity index (χ1) is 11.8. The lowest BCUT2D eigenvalue weighted by Crippen LogP contribution is -2.00. The fourth-order valence-corrected chi connectivity index (χ4v) is 2.79. The van der Waals surface area contributed by atoms with Crippen LogP contribution in [0.1, 0.15) is 11.3 Å². The van der Waals surface area contributed by atoms with Crippen molar-refractivity contribution in [2.45, 2.75) is 13.5 Å². The molecule has 0 amide bonds. The first-order valence-corrected chi connectivity index (χ1v) is 7.74. The molecule has 1 N–H and O–H groups in total. The molecule has 0 aliphatic heterocycles. The summed E-state index contributed by atoms with van der Waals surface area (Å²) >= 11 is 0. The maximum absolute atomic E-state index is 6.09. The van der Waals surface area contributed by atoms with Gasteiger partial charge in [-0.1, -0.05) is 30.3 Å². The Balaban J connectivity index is 1.67. The van der Waals surface area contributed by atoms with Gasteiger partial charge in [-0.2, -0.15) is 5.10 Å². The monoisotopic (exact) mass is 316 g/mol. The maximum Gasteiger partial charge on any atom is 0.159 e. The summed E-state index contributed by atoms with van der Waals surface area (Å²) in [6, 6.07) is 18.0. The quantitative estimate of drug-likeness (QED) is 0.620. The first kappa shape index (κ1) is 14.4. The van der Waals surface area contributed by atoms with Crippen LogP contribution in [0.25, 0.3) is 22.3 Å². The van der Waals surface area contributed by atoms with Crippen molar-refractivity contribution in [3.63, 3.8) is 0 Å². The summed E-state index contributed by atoms with van der Waals surface area (Å²) in [6.07, 6.45) is 1.49. The van der Waals surface area contributed by atoms with E-state index in [0.29, 0.717) is 12.4 Å². The summed E-state index contributed by atoms with van der Waals surface area (Å²) < 4.78 is 6.09. The van der Waals surface area contributed by atoms with Crippen LogP contribution in [-0.4, -0.2) is 20.2 Å². The van der Waals surface area contributed by atoms with Gasteiger partial charge in [0.25, 0.3) is 0 Å². The van der Waals surface area contributed by atoms with Crippen LogP contribution in [-0.2, 0) is 6.61 Å². The minimum atomic E-state index is 0.467. The van der Waals surface area contributed by atoms with Gasteiger partial charge in [-0.05, 0) is 31.2 Å². The van der Waals surface area contributed by atoms with E-state index in [0.717, 1.165) is 33.5 Å². The predicted molar refractivity (Wildman–Crippen MR) is 92.6 cm³/mol. The van der Waals surface area contributed by atoms with Crippen molar-refractivity contribution in [1.29, 1.82) is 0 Å². The largest absolute Gasteiger partial charge is 0.488 e. The van der Waals surface area contributed by atoms with Gasteiger partial charge in [0.1, 0.15) is 18.7 Å². The molecule has 0 saturated carbocycles. The minimum absolute atomic E-state index is 0.467. The summed E-state index contributed by atoms with van der Waals surface area (Å²) in [7, 11) is 0. The van der Waals surface area contributed by atoms with Crippen molar-refractivity contribution in [2.75, 3.05) is 0 Å². The number of hydrogen-bond donors (Lipinski definition) is 1. The van der Waals surface area contributed by atoms with Gasteiger partial charge in [-0.3, -0.25) is 10.1 Å². The molecule has 0 bridgehead atoms. The number of aromatic nitrogens is 4. The van der Waals surface area contributed by atoms with Gasteiger partial charge < -0.3 is 4.74 Å². The highest BCUT2D eigenvalue weighted by atomic mass is 16.5. The van der Waals surface area contributed by atoms with Crippen molar-refractivity contribution in [2.24, 2.45) is 0 Å². The average molecular weight is 316 g/mol. The Morgan fingerprint density at radius 3 is 2.75 bits per heavy atom. The molecular formula is C19H16N4O. The number of ether oxygens (including phenoxy) is 1. The van der Waals surface area contributed by atoms with Gasteiger partial charge in [0.05, 0.1) is 11.1 Å². The number of aromatic amines is 1. The Morgan fingerprint density at radius 2 is 1.88 bits per heavy atom. The molecule has 0 fully saturated rings. The zero-order valence-electron chi connectivity index (χ0n) is 13.2. The summed E-state index contributed by atoms with van der Waals surface area (Å²) in [4.78, 5) is 8.78. The van der Waals surface area contributed by atoms with E-state index in [1.165, 1.54) is 6.33 Å². The van der Waals surface area contributed by atoms with Crippen LogP contribution < -0.4 is 4.74 Å². The third-order valence-corrected chi connectivity index (χ3v) is 3.87. The summed E-state index contributed by atoms with van der Waals surface area (Å²) in [5, 5.41) is 7.90. The zero-order chi connectivity index (χ0) is 16.4. The van der Waals surface area contributed by atoms with Crippen LogP contribution in [0.3, 0.4) is 0 Å². The molecule has 2 heterocycles. The molecule has 5 nitrogen and oxygen atoms in total. The molecule has 0 saturated heterocycles. The van der Waals surface area contributed by atoms with E-state index < -0.39 is 0 Å². The number of rotatable bonds is 4. The number of aryl methyl sites for hydroxylation is 1. The third kappa shape index (κ3) is 2.72. The van der Waals surface area contributed by atoms with Gasteiger partial charge in [0, 0.05) is 16.6 Å². The number of pyridine rings is 1. The Morgan fingerprint density at radius 1 is 1.04 bits per heavy atom. The molecule has 0 aliphatic rings. The molecule has 0 aliphatic carbocycles. The van der Waals surface area contributed by atoms with Gasteiger partial charge in [0.15, 0.2) is 5.82 Å². The number of hydrogen-bond acceptors (Lipinski definition) is 4. The molecule has 0 spiro atoms. The highest BCUT2D eigenvalue weighted by Gasteiger charge is 2.10. The molecule has 5 heteroatoms. The molecule has 4 aromatic rings. The molecular weight excluding hydrogens is 300 g/mol. The normalized spacial score (nSPS) is 10.9. The van der Waals surface area contributed by atoms with Crippen LogP contribution in [0, 0.1) is 6.92 Å². The summed E-state index contributed by atoms with van der Waals surface area (Å²) in [5.41, 5.74) is 3.98. The van der Waals surface area contributed by atoms with Crippen LogP contribution in [0.4, 0.5) is 0 Å². The lowest BCUT2D eigenvalue weighted by Gasteiger charge is -2.12. The van der Waals surface area contributed by atoms with Crippen molar-refractivity contribution < 1.29 is 4.74 Å². The van der Waals surface area contributed by atoms with E-state index >= 15 is 0 Å².